The van der Waals surface area contributed by atoms with E-state index >= 15 is 0 Å². The van der Waals surface area contributed by atoms with E-state index < -0.39 is 59.5 Å². The Hall–Kier alpha value is -3.68. The fourth-order valence-electron chi connectivity index (χ4n) is 5.19. The zero-order valence-electron chi connectivity index (χ0n) is 20.5. The van der Waals surface area contributed by atoms with E-state index in [1.54, 1.807) is 5.32 Å². The highest BCUT2D eigenvalue weighted by Crippen LogP contribution is 2.49. The second kappa shape index (κ2) is 10.1. The number of fused-ring (bicyclic) bond motifs is 1. The first-order chi connectivity index (χ1) is 18.8. The molecule has 40 heavy (non-hydrogen) atoms. The number of para-hydroxylation sites is 1. The molecule has 2 aromatic rings. The summed E-state index contributed by atoms with van der Waals surface area (Å²) in [6.45, 7) is 0.243. The average molecular weight is 573 g/mol. The maximum absolute atomic E-state index is 14.8. The van der Waals surface area contributed by atoms with Crippen LogP contribution in [0.3, 0.4) is 0 Å². The molecule has 3 aliphatic rings. The summed E-state index contributed by atoms with van der Waals surface area (Å²) in [5.74, 6) is -5.36. The van der Waals surface area contributed by atoms with Crippen LogP contribution in [0.25, 0.3) is 0 Å². The number of hydrogen-bond donors (Lipinski definition) is 2. The molecule has 3 amide bonds. The maximum Gasteiger partial charge on any atom is 0.471 e. The molecule has 5 rings (SSSR count). The van der Waals surface area contributed by atoms with Gasteiger partial charge >= 0.3 is 18.3 Å². The zero-order valence-corrected chi connectivity index (χ0v) is 20.5. The van der Waals surface area contributed by atoms with E-state index in [0.717, 1.165) is 12.1 Å². The lowest BCUT2D eigenvalue weighted by atomic mass is 9.90. The molecule has 2 N–H and O–H groups in total. The number of carbonyl (C=O) groups excluding carboxylic acids is 3. The molecule has 4 atom stereocenters. The van der Waals surface area contributed by atoms with Gasteiger partial charge in [0.05, 0.1) is 36.1 Å². The van der Waals surface area contributed by atoms with Crippen molar-refractivity contribution in [1.82, 2.24) is 10.2 Å². The molecule has 2 aliphatic heterocycles. The third-order valence-corrected chi connectivity index (χ3v) is 7.40. The van der Waals surface area contributed by atoms with Crippen molar-refractivity contribution in [1.29, 1.82) is 0 Å². The molecular formula is C26H22F7N3O4. The van der Waals surface area contributed by atoms with E-state index in [2.05, 4.69) is 5.32 Å². The summed E-state index contributed by atoms with van der Waals surface area (Å²) >= 11 is 0. The predicted octanol–water partition coefficient (Wildman–Crippen LogP) is 4.45. The number of anilines is 1. The van der Waals surface area contributed by atoms with Gasteiger partial charge in [-0.05, 0) is 43.0 Å². The lowest BCUT2D eigenvalue weighted by molar-refractivity contribution is -0.167. The van der Waals surface area contributed by atoms with Crippen LogP contribution >= 0.6 is 0 Å². The topological polar surface area (TPSA) is 87.7 Å². The van der Waals surface area contributed by atoms with Gasteiger partial charge in [0.25, 0.3) is 5.91 Å². The maximum atomic E-state index is 14.8. The third kappa shape index (κ3) is 5.36. The predicted molar refractivity (Wildman–Crippen MR) is 124 cm³/mol. The highest BCUT2D eigenvalue weighted by Gasteiger charge is 2.56. The monoisotopic (exact) mass is 573 g/mol. The number of rotatable bonds is 6. The van der Waals surface area contributed by atoms with Crippen molar-refractivity contribution in [2.24, 2.45) is 11.8 Å². The Balaban J connectivity index is 1.38. The van der Waals surface area contributed by atoms with E-state index in [-0.39, 0.29) is 48.4 Å². The molecule has 2 heterocycles. The molecule has 14 heteroatoms. The molecule has 0 radical (unpaired) electrons. The third-order valence-electron chi connectivity index (χ3n) is 7.40. The minimum Gasteiger partial charge on any atom is -0.381 e. The second-order valence-electron chi connectivity index (χ2n) is 10.0. The Kier molecular flexibility index (Phi) is 7.01. The van der Waals surface area contributed by atoms with E-state index in [9.17, 15) is 45.1 Å². The van der Waals surface area contributed by atoms with Crippen molar-refractivity contribution >= 4 is 23.4 Å². The summed E-state index contributed by atoms with van der Waals surface area (Å²) in [6.07, 6.45) is -9.15. The lowest BCUT2D eigenvalue weighted by Crippen LogP contribution is -2.51. The van der Waals surface area contributed by atoms with E-state index in [0.29, 0.717) is 18.6 Å². The Labute approximate surface area is 222 Å². The number of carbonyl (C=O) groups is 3. The van der Waals surface area contributed by atoms with Crippen LogP contribution in [0.1, 0.15) is 40.4 Å². The van der Waals surface area contributed by atoms with Crippen LogP contribution in [-0.2, 0) is 20.5 Å². The summed E-state index contributed by atoms with van der Waals surface area (Å²) in [5, 5.41) is 4.35. The smallest absolute Gasteiger partial charge is 0.381 e. The van der Waals surface area contributed by atoms with Crippen LogP contribution < -0.4 is 10.6 Å². The molecule has 0 spiro atoms. The molecule has 7 nitrogen and oxygen atoms in total. The van der Waals surface area contributed by atoms with E-state index in [1.165, 1.54) is 23.1 Å². The molecule has 0 unspecified atom stereocenters. The van der Waals surface area contributed by atoms with Crippen molar-refractivity contribution in [2.75, 3.05) is 18.5 Å². The van der Waals surface area contributed by atoms with E-state index in [1.807, 2.05) is 0 Å². The molecule has 214 valence electrons. The van der Waals surface area contributed by atoms with Crippen LogP contribution in [0.15, 0.2) is 42.5 Å². The zero-order chi connectivity index (χ0) is 29.0. The number of hydrogen-bond acceptors (Lipinski definition) is 4. The molecule has 1 aliphatic carbocycles. The van der Waals surface area contributed by atoms with Crippen LogP contribution in [0.5, 0.6) is 0 Å². The first-order valence-electron chi connectivity index (χ1n) is 12.3. The first kappa shape index (κ1) is 27.9. The lowest BCUT2D eigenvalue weighted by Gasteiger charge is -2.36. The molecule has 2 saturated heterocycles. The fraction of sp³-hybridized carbons (Fsp3) is 0.423. The Morgan fingerprint density at radius 1 is 0.975 bits per heavy atom. The number of benzene rings is 2. The molecule has 3 fully saturated rings. The Morgan fingerprint density at radius 2 is 1.68 bits per heavy atom. The van der Waals surface area contributed by atoms with Crippen LogP contribution in [-0.4, -0.2) is 54.1 Å². The molecule has 0 bridgehead atoms. The fourth-order valence-corrected chi connectivity index (χ4v) is 5.19. The van der Waals surface area contributed by atoms with Crippen LogP contribution in [0.4, 0.5) is 36.4 Å². The van der Waals surface area contributed by atoms with Crippen molar-refractivity contribution in [3.05, 3.63) is 65.0 Å². The first-order valence-corrected chi connectivity index (χ1v) is 12.3. The largest absolute Gasteiger partial charge is 0.471 e. The number of ether oxygens (including phenoxy) is 1. The minimum atomic E-state index is -5.19. The van der Waals surface area contributed by atoms with Gasteiger partial charge in [0.15, 0.2) is 0 Å². The summed E-state index contributed by atoms with van der Waals surface area (Å²) in [4.78, 5) is 39.7. The number of likely N-dealkylation sites (tertiary alicyclic amines) is 1. The van der Waals surface area contributed by atoms with Gasteiger partial charge in [-0.25, -0.2) is 4.39 Å². The molecular weight excluding hydrogens is 551 g/mol. The SMILES string of the molecule is O=C(N[C@@H](c1ccc(C(F)(F)F)cc1F)C1COC1)[C@H]1C[C@H]2C[C@H]2N1C(=O)c1ccccc1NC(=O)C(F)(F)F. The van der Waals surface area contributed by atoms with Crippen LogP contribution in [0.2, 0.25) is 0 Å². The van der Waals surface area contributed by atoms with Gasteiger partial charge in [-0.15, -0.1) is 0 Å². The number of nitrogens with one attached hydrogen (secondary N) is 2. The minimum absolute atomic E-state index is 0.0371. The molecule has 1 saturated carbocycles. The van der Waals surface area contributed by atoms with Crippen LogP contribution in [0, 0.1) is 17.7 Å². The normalized spacial score (nSPS) is 23.2. The number of alkyl halides is 6. The highest BCUT2D eigenvalue weighted by atomic mass is 19.4. The van der Waals surface area contributed by atoms with Crippen molar-refractivity contribution in [2.45, 2.75) is 43.3 Å². The summed E-state index contributed by atoms with van der Waals surface area (Å²) in [7, 11) is 0. The quantitative estimate of drug-likeness (QED) is 0.500. The summed E-state index contributed by atoms with van der Waals surface area (Å²) < 4.78 is 97.5. The number of amides is 3. The summed E-state index contributed by atoms with van der Waals surface area (Å²) in [6, 6.07) is 4.63. The standard InChI is InChI=1S/C26H22F7N3O4/c27-17-9-14(25(28,29)30)5-6-15(17)21(13-10-40-11-13)35-22(37)20-8-12-7-19(12)36(20)23(38)16-3-1-2-4-18(16)34-24(39)26(31,32)33/h1-6,9,12-13,19-21H,7-8,10-11H2,(H,34,39)(H,35,37)/t12-,19-,20-,21-/m1/s1. The van der Waals surface area contributed by atoms with Gasteiger partial charge in [-0.1, -0.05) is 18.2 Å². The Morgan fingerprint density at radius 3 is 2.27 bits per heavy atom. The van der Waals surface area contributed by atoms with Crippen molar-refractivity contribution < 1.29 is 49.9 Å². The molecule has 0 aromatic heterocycles. The average Bonchev–Trinajstić information content (AvgIpc) is 3.50. The summed E-state index contributed by atoms with van der Waals surface area (Å²) in [5.41, 5.74) is -1.99. The van der Waals surface area contributed by atoms with Crippen molar-refractivity contribution in [3.8, 4) is 0 Å². The molecule has 2 aromatic carbocycles. The number of halogens is 7. The van der Waals surface area contributed by atoms with E-state index in [4.69, 9.17) is 4.74 Å². The van der Waals surface area contributed by atoms with Gasteiger partial charge in [0.2, 0.25) is 5.91 Å². The number of piperidine rings is 1. The van der Waals surface area contributed by atoms with Gasteiger partial charge in [-0.3, -0.25) is 14.4 Å². The Bertz CT molecular complexity index is 1340. The van der Waals surface area contributed by atoms with Gasteiger partial charge in [0, 0.05) is 17.5 Å². The second-order valence-corrected chi connectivity index (χ2v) is 10.0. The van der Waals surface area contributed by atoms with Crippen molar-refractivity contribution in [3.63, 3.8) is 0 Å². The highest BCUT2D eigenvalue weighted by molar-refractivity contribution is 6.06. The van der Waals surface area contributed by atoms with Gasteiger partial charge < -0.3 is 20.3 Å². The van der Waals surface area contributed by atoms with Gasteiger partial charge in [-0.2, -0.15) is 26.3 Å². The number of nitrogens with zero attached hydrogens (tertiary/aromatic N) is 1. The van der Waals surface area contributed by atoms with Gasteiger partial charge in [0.1, 0.15) is 11.9 Å².